The minimum absolute atomic E-state index is 0.260. The third kappa shape index (κ3) is 4.46. The zero-order valence-electron chi connectivity index (χ0n) is 15.8. The number of rotatable bonds is 4. The van der Waals surface area contributed by atoms with Crippen LogP contribution >= 0.6 is 0 Å². The van der Waals surface area contributed by atoms with Crippen molar-refractivity contribution in [3.05, 3.63) is 48.4 Å². The Morgan fingerprint density at radius 1 is 1.00 bits per heavy atom. The number of piperidine rings is 1. The maximum atomic E-state index is 12.9. The average molecular weight is 364 g/mol. The zero-order chi connectivity index (χ0) is 18.5. The number of aromatic nitrogens is 2. The molecule has 1 saturated carbocycles. The fourth-order valence-corrected chi connectivity index (χ4v) is 4.33. The number of anilines is 2. The van der Waals surface area contributed by atoms with Gasteiger partial charge in [-0.15, -0.1) is 0 Å². The van der Waals surface area contributed by atoms with Crippen molar-refractivity contribution in [1.82, 2.24) is 14.9 Å². The molecule has 2 aromatic heterocycles. The van der Waals surface area contributed by atoms with Crippen molar-refractivity contribution in [3.8, 4) is 0 Å². The topological polar surface area (TPSA) is 58.1 Å². The number of hydrogen-bond acceptors (Lipinski definition) is 4. The maximum absolute atomic E-state index is 12.9. The fourth-order valence-electron chi connectivity index (χ4n) is 4.33. The average Bonchev–Trinajstić information content (AvgIpc) is 2.75. The van der Waals surface area contributed by atoms with Gasteiger partial charge < -0.3 is 10.2 Å². The van der Waals surface area contributed by atoms with Gasteiger partial charge >= 0.3 is 0 Å². The molecule has 5 nitrogen and oxygen atoms in total. The highest BCUT2D eigenvalue weighted by Gasteiger charge is 2.30. The first-order chi connectivity index (χ1) is 13.3. The van der Waals surface area contributed by atoms with E-state index in [1.807, 2.05) is 24.4 Å². The van der Waals surface area contributed by atoms with Crippen molar-refractivity contribution in [2.45, 2.75) is 50.9 Å². The molecular formula is C22H28N4O. The van der Waals surface area contributed by atoms with Crippen molar-refractivity contribution < 1.29 is 4.79 Å². The van der Waals surface area contributed by atoms with Crippen LogP contribution in [0, 0.1) is 5.92 Å². The Balaban J connectivity index is 1.38. The summed E-state index contributed by atoms with van der Waals surface area (Å²) < 4.78 is 0. The molecule has 1 amide bonds. The van der Waals surface area contributed by atoms with Gasteiger partial charge in [0.1, 0.15) is 5.82 Å². The number of nitrogens with zero attached hydrogens (tertiary/aromatic N) is 3. The first kappa shape index (κ1) is 18.0. The maximum Gasteiger partial charge on any atom is 0.225 e. The molecule has 1 N–H and O–H groups in total. The Hall–Kier alpha value is -2.43. The SMILES string of the molecule is O=C(C1CCCCC1)N1CCCC(c2ccc(Nc3ccccn3)cn2)C1. The van der Waals surface area contributed by atoms with Crippen LogP contribution in [0.15, 0.2) is 42.7 Å². The monoisotopic (exact) mass is 364 g/mol. The summed E-state index contributed by atoms with van der Waals surface area (Å²) in [7, 11) is 0. The van der Waals surface area contributed by atoms with Crippen molar-refractivity contribution in [2.24, 2.45) is 5.92 Å². The summed E-state index contributed by atoms with van der Waals surface area (Å²) in [5.41, 5.74) is 2.02. The van der Waals surface area contributed by atoms with Crippen molar-refractivity contribution >= 4 is 17.4 Å². The van der Waals surface area contributed by atoms with Gasteiger partial charge in [0.15, 0.2) is 0 Å². The lowest BCUT2D eigenvalue weighted by Gasteiger charge is -2.35. The molecule has 0 bridgehead atoms. The number of amides is 1. The molecule has 1 saturated heterocycles. The van der Waals surface area contributed by atoms with Crippen molar-refractivity contribution in [2.75, 3.05) is 18.4 Å². The summed E-state index contributed by atoms with van der Waals surface area (Å²) in [5, 5.41) is 3.27. The van der Waals surface area contributed by atoms with Crippen LogP contribution in [0.5, 0.6) is 0 Å². The van der Waals surface area contributed by atoms with Gasteiger partial charge in [0.2, 0.25) is 5.91 Å². The number of hydrogen-bond donors (Lipinski definition) is 1. The summed E-state index contributed by atoms with van der Waals surface area (Å²) >= 11 is 0. The van der Waals surface area contributed by atoms with Gasteiger partial charge in [-0.25, -0.2) is 4.98 Å². The molecule has 142 valence electrons. The molecule has 0 aromatic carbocycles. The van der Waals surface area contributed by atoms with Gasteiger partial charge in [-0.3, -0.25) is 9.78 Å². The van der Waals surface area contributed by atoms with Gasteiger partial charge in [0, 0.05) is 36.8 Å². The van der Waals surface area contributed by atoms with Crippen LogP contribution < -0.4 is 5.32 Å². The van der Waals surface area contributed by atoms with Crippen LogP contribution in [0.1, 0.15) is 56.6 Å². The molecule has 4 rings (SSSR count). The van der Waals surface area contributed by atoms with Crippen molar-refractivity contribution in [1.29, 1.82) is 0 Å². The van der Waals surface area contributed by atoms with Gasteiger partial charge in [-0.1, -0.05) is 25.3 Å². The lowest BCUT2D eigenvalue weighted by atomic mass is 9.86. The molecule has 3 heterocycles. The summed E-state index contributed by atoms with van der Waals surface area (Å²) in [4.78, 5) is 23.9. The molecule has 1 aliphatic carbocycles. The van der Waals surface area contributed by atoms with Crippen LogP contribution in [0.4, 0.5) is 11.5 Å². The molecular weight excluding hydrogens is 336 g/mol. The number of pyridine rings is 2. The highest BCUT2D eigenvalue weighted by Crippen LogP contribution is 2.30. The normalized spacial score (nSPS) is 21.0. The highest BCUT2D eigenvalue weighted by atomic mass is 16.2. The Kier molecular flexibility index (Phi) is 5.66. The number of carbonyl (C=O) groups is 1. The van der Waals surface area contributed by atoms with E-state index in [1.165, 1.54) is 19.3 Å². The van der Waals surface area contributed by atoms with Crippen LogP contribution in [0.3, 0.4) is 0 Å². The molecule has 0 radical (unpaired) electrons. The molecule has 1 atom stereocenters. The van der Waals surface area contributed by atoms with E-state index >= 15 is 0 Å². The van der Waals surface area contributed by atoms with Crippen LogP contribution in [-0.2, 0) is 4.79 Å². The first-order valence-corrected chi connectivity index (χ1v) is 10.2. The predicted octanol–water partition coefficient (Wildman–Crippen LogP) is 4.51. The summed E-state index contributed by atoms with van der Waals surface area (Å²) in [6.07, 6.45) is 11.7. The van der Waals surface area contributed by atoms with E-state index in [-0.39, 0.29) is 5.92 Å². The molecule has 2 aromatic rings. The molecule has 27 heavy (non-hydrogen) atoms. The Bertz CT molecular complexity index is 741. The Morgan fingerprint density at radius 3 is 2.63 bits per heavy atom. The molecule has 1 aliphatic heterocycles. The third-order valence-electron chi connectivity index (χ3n) is 5.83. The van der Waals surface area contributed by atoms with E-state index in [0.717, 1.165) is 56.0 Å². The summed E-state index contributed by atoms with van der Waals surface area (Å²) in [5.74, 6) is 1.80. The number of likely N-dealkylation sites (tertiary alicyclic amines) is 1. The lowest BCUT2D eigenvalue weighted by Crippen LogP contribution is -2.43. The largest absolute Gasteiger partial charge is 0.342 e. The Morgan fingerprint density at radius 2 is 1.89 bits per heavy atom. The molecule has 2 aliphatic rings. The van der Waals surface area contributed by atoms with Gasteiger partial charge in [-0.05, 0) is 49.9 Å². The zero-order valence-corrected chi connectivity index (χ0v) is 15.8. The van der Waals surface area contributed by atoms with E-state index in [9.17, 15) is 4.79 Å². The van der Waals surface area contributed by atoms with Crippen LogP contribution in [0.25, 0.3) is 0 Å². The van der Waals surface area contributed by atoms with E-state index in [2.05, 4.69) is 32.3 Å². The van der Waals surface area contributed by atoms with Gasteiger partial charge in [-0.2, -0.15) is 0 Å². The molecule has 0 spiro atoms. The predicted molar refractivity (Wildman–Crippen MR) is 107 cm³/mol. The molecule has 1 unspecified atom stereocenters. The quantitative estimate of drug-likeness (QED) is 0.867. The lowest BCUT2D eigenvalue weighted by molar-refractivity contribution is -0.137. The second kappa shape index (κ2) is 8.51. The number of nitrogens with one attached hydrogen (secondary N) is 1. The first-order valence-electron chi connectivity index (χ1n) is 10.2. The van der Waals surface area contributed by atoms with Gasteiger partial charge in [0.25, 0.3) is 0 Å². The highest BCUT2D eigenvalue weighted by molar-refractivity contribution is 5.79. The minimum Gasteiger partial charge on any atom is -0.342 e. The van der Waals surface area contributed by atoms with Crippen LogP contribution in [0.2, 0.25) is 0 Å². The standard InChI is InChI=1S/C22H28N4O/c27-22(17-7-2-1-3-8-17)26-14-6-9-18(16-26)20-12-11-19(15-24-20)25-21-10-4-5-13-23-21/h4-5,10-13,15,17-18H,1-3,6-9,14,16H2,(H,23,25). The summed E-state index contributed by atoms with van der Waals surface area (Å²) in [6.45, 7) is 1.72. The molecule has 5 heteroatoms. The van der Waals surface area contributed by atoms with E-state index < -0.39 is 0 Å². The minimum atomic E-state index is 0.260. The van der Waals surface area contributed by atoms with E-state index in [1.54, 1.807) is 6.20 Å². The number of carbonyl (C=O) groups excluding carboxylic acids is 1. The third-order valence-corrected chi connectivity index (χ3v) is 5.83. The summed E-state index contributed by atoms with van der Waals surface area (Å²) in [6, 6.07) is 9.93. The van der Waals surface area contributed by atoms with Gasteiger partial charge in [0.05, 0.1) is 11.9 Å². The van der Waals surface area contributed by atoms with E-state index in [0.29, 0.717) is 11.8 Å². The second-order valence-corrected chi connectivity index (χ2v) is 7.77. The Labute approximate surface area is 161 Å². The smallest absolute Gasteiger partial charge is 0.225 e. The second-order valence-electron chi connectivity index (χ2n) is 7.77. The van der Waals surface area contributed by atoms with E-state index in [4.69, 9.17) is 0 Å². The fraction of sp³-hybridized carbons (Fsp3) is 0.500. The molecule has 2 fully saturated rings. The van der Waals surface area contributed by atoms with Crippen LogP contribution in [-0.4, -0.2) is 33.9 Å². The van der Waals surface area contributed by atoms with Crippen molar-refractivity contribution in [3.63, 3.8) is 0 Å².